The van der Waals surface area contributed by atoms with Crippen molar-refractivity contribution in [1.29, 1.82) is 0 Å². The first-order chi connectivity index (χ1) is 7.66. The van der Waals surface area contributed by atoms with Crippen LogP contribution in [0, 0.1) is 11.3 Å². The molecule has 100 valence electrons. The third-order valence-corrected chi connectivity index (χ3v) is 4.03. The summed E-state index contributed by atoms with van der Waals surface area (Å²) in [5.41, 5.74) is 5.42. The highest BCUT2D eigenvalue weighted by atomic mass is 35.5. The fourth-order valence-electron chi connectivity index (χ4n) is 2.64. The summed E-state index contributed by atoms with van der Waals surface area (Å²) < 4.78 is 5.30. The number of halogens is 1. The van der Waals surface area contributed by atoms with Crippen LogP contribution in [-0.4, -0.2) is 31.7 Å². The molecule has 0 unspecified atom stereocenters. The van der Waals surface area contributed by atoms with Crippen molar-refractivity contribution in [2.45, 2.75) is 38.6 Å². The van der Waals surface area contributed by atoms with Crippen molar-refractivity contribution in [1.82, 2.24) is 5.32 Å². The van der Waals surface area contributed by atoms with Crippen LogP contribution in [-0.2, 0) is 9.53 Å². The molecule has 0 atom stereocenters. The molecule has 2 aliphatic rings. The third kappa shape index (κ3) is 3.12. The van der Waals surface area contributed by atoms with Crippen LogP contribution < -0.4 is 11.1 Å². The topological polar surface area (TPSA) is 64.4 Å². The molecule has 0 aromatic heterocycles. The van der Waals surface area contributed by atoms with E-state index in [-0.39, 0.29) is 23.7 Å². The lowest BCUT2D eigenvalue weighted by molar-refractivity contribution is -0.137. The Morgan fingerprint density at radius 2 is 2.00 bits per heavy atom. The highest BCUT2D eigenvalue weighted by Gasteiger charge is 2.40. The van der Waals surface area contributed by atoms with Gasteiger partial charge in [-0.05, 0) is 31.6 Å². The smallest absolute Gasteiger partial charge is 0.227 e. The van der Waals surface area contributed by atoms with Gasteiger partial charge in [0.1, 0.15) is 0 Å². The van der Waals surface area contributed by atoms with E-state index in [1.165, 1.54) is 0 Å². The predicted molar refractivity (Wildman–Crippen MR) is 69.1 cm³/mol. The molecule has 1 saturated heterocycles. The summed E-state index contributed by atoms with van der Waals surface area (Å²) in [6, 6.07) is 0.383. The van der Waals surface area contributed by atoms with Crippen LogP contribution in [0.3, 0.4) is 0 Å². The van der Waals surface area contributed by atoms with Gasteiger partial charge >= 0.3 is 0 Å². The molecule has 0 aromatic carbocycles. The highest BCUT2D eigenvalue weighted by Crippen LogP contribution is 2.32. The molecule has 0 spiro atoms. The molecule has 5 heteroatoms. The van der Waals surface area contributed by atoms with E-state index in [0.717, 1.165) is 31.6 Å². The Hall–Kier alpha value is -0.320. The number of nitrogens with two attached hydrogens (primary N) is 1. The lowest BCUT2D eigenvalue weighted by Gasteiger charge is -2.39. The summed E-state index contributed by atoms with van der Waals surface area (Å²) >= 11 is 0. The number of carbonyl (C=O) groups excluding carboxylic acids is 1. The van der Waals surface area contributed by atoms with Gasteiger partial charge in [0.15, 0.2) is 0 Å². The zero-order valence-electron chi connectivity index (χ0n) is 10.4. The van der Waals surface area contributed by atoms with Crippen molar-refractivity contribution in [3.05, 3.63) is 0 Å². The van der Waals surface area contributed by atoms with Gasteiger partial charge in [-0.15, -0.1) is 12.4 Å². The number of carbonyl (C=O) groups is 1. The molecule has 2 rings (SSSR count). The highest BCUT2D eigenvalue weighted by molar-refractivity contribution is 5.85. The Kier molecular flexibility index (Phi) is 5.22. The first kappa shape index (κ1) is 14.7. The fourth-order valence-corrected chi connectivity index (χ4v) is 2.64. The second kappa shape index (κ2) is 6.03. The van der Waals surface area contributed by atoms with E-state index >= 15 is 0 Å². The summed E-state index contributed by atoms with van der Waals surface area (Å²) in [6.45, 7) is 3.97. The van der Waals surface area contributed by atoms with E-state index in [0.29, 0.717) is 25.8 Å². The van der Waals surface area contributed by atoms with Crippen LogP contribution in [0.5, 0.6) is 0 Å². The van der Waals surface area contributed by atoms with Gasteiger partial charge in [0.05, 0.1) is 5.41 Å². The minimum Gasteiger partial charge on any atom is -0.381 e. The molecule has 4 nitrogen and oxygen atoms in total. The maximum atomic E-state index is 12.2. The number of hydrogen-bond acceptors (Lipinski definition) is 3. The minimum atomic E-state index is -0.364. The molecule has 1 aliphatic carbocycles. The Labute approximate surface area is 109 Å². The first-order valence-electron chi connectivity index (χ1n) is 6.25. The third-order valence-electron chi connectivity index (χ3n) is 4.03. The lowest BCUT2D eigenvalue weighted by Crippen LogP contribution is -2.54. The van der Waals surface area contributed by atoms with Crippen molar-refractivity contribution in [2.75, 3.05) is 19.8 Å². The second-order valence-electron chi connectivity index (χ2n) is 5.34. The molecule has 17 heavy (non-hydrogen) atoms. The molecule has 2 fully saturated rings. The molecule has 1 saturated carbocycles. The Morgan fingerprint density at radius 1 is 1.41 bits per heavy atom. The van der Waals surface area contributed by atoms with Gasteiger partial charge in [0.2, 0.25) is 5.91 Å². The summed E-state index contributed by atoms with van der Waals surface area (Å²) in [6.07, 6.45) is 3.75. The maximum Gasteiger partial charge on any atom is 0.227 e. The molecule has 0 bridgehead atoms. The Balaban J connectivity index is 0.00000144. The number of ether oxygens (including phenoxy) is 1. The zero-order valence-corrected chi connectivity index (χ0v) is 11.2. The van der Waals surface area contributed by atoms with Gasteiger partial charge < -0.3 is 15.8 Å². The number of amides is 1. The van der Waals surface area contributed by atoms with Crippen LogP contribution in [0.15, 0.2) is 0 Å². The van der Waals surface area contributed by atoms with Crippen molar-refractivity contribution in [3.63, 3.8) is 0 Å². The molecule has 1 amide bonds. The largest absolute Gasteiger partial charge is 0.381 e. The standard InChI is InChI=1S/C12H22N2O2.ClH/c1-9-6-10(7-9)14-11(15)12(8-13)2-4-16-5-3-12;/h9-10H,2-8,13H2,1H3,(H,14,15);1H. The van der Waals surface area contributed by atoms with E-state index < -0.39 is 0 Å². The SMILES string of the molecule is CC1CC(NC(=O)C2(CN)CCOCC2)C1.Cl. The molecular weight excluding hydrogens is 240 g/mol. The van der Waals surface area contributed by atoms with Gasteiger partial charge in [-0.1, -0.05) is 6.92 Å². The van der Waals surface area contributed by atoms with Gasteiger partial charge in [-0.3, -0.25) is 4.79 Å². The summed E-state index contributed by atoms with van der Waals surface area (Å²) in [5.74, 6) is 0.906. The van der Waals surface area contributed by atoms with Crippen molar-refractivity contribution in [2.24, 2.45) is 17.1 Å². The molecule has 3 N–H and O–H groups in total. The van der Waals surface area contributed by atoms with Crippen molar-refractivity contribution in [3.8, 4) is 0 Å². The average molecular weight is 263 g/mol. The monoisotopic (exact) mass is 262 g/mol. The summed E-state index contributed by atoms with van der Waals surface area (Å²) in [4.78, 5) is 12.2. The number of hydrogen-bond donors (Lipinski definition) is 2. The van der Waals surface area contributed by atoms with E-state index in [2.05, 4.69) is 12.2 Å². The van der Waals surface area contributed by atoms with E-state index in [1.807, 2.05) is 0 Å². The van der Waals surface area contributed by atoms with Crippen LogP contribution in [0.25, 0.3) is 0 Å². The predicted octanol–water partition coefficient (Wildman–Crippen LogP) is 1.08. The van der Waals surface area contributed by atoms with Gasteiger partial charge in [-0.2, -0.15) is 0 Å². The second-order valence-corrected chi connectivity index (χ2v) is 5.34. The van der Waals surface area contributed by atoms with Gasteiger partial charge in [0, 0.05) is 25.8 Å². The summed E-state index contributed by atoms with van der Waals surface area (Å²) in [7, 11) is 0. The normalized spacial score (nSPS) is 30.9. The number of nitrogens with one attached hydrogen (secondary N) is 1. The van der Waals surface area contributed by atoms with Crippen LogP contribution in [0.1, 0.15) is 32.6 Å². The lowest BCUT2D eigenvalue weighted by atomic mass is 9.77. The van der Waals surface area contributed by atoms with Crippen molar-refractivity contribution >= 4 is 18.3 Å². The molecule has 1 heterocycles. The molecular formula is C12H23ClN2O2. The Morgan fingerprint density at radius 3 is 2.47 bits per heavy atom. The Bertz CT molecular complexity index is 261. The first-order valence-corrected chi connectivity index (χ1v) is 6.25. The van der Waals surface area contributed by atoms with Crippen LogP contribution >= 0.6 is 12.4 Å². The molecule has 0 aromatic rings. The fraction of sp³-hybridized carbons (Fsp3) is 0.917. The molecule has 1 aliphatic heterocycles. The zero-order chi connectivity index (χ0) is 11.6. The molecule has 0 radical (unpaired) electrons. The van der Waals surface area contributed by atoms with E-state index in [9.17, 15) is 4.79 Å². The van der Waals surface area contributed by atoms with Gasteiger partial charge in [0.25, 0.3) is 0 Å². The number of rotatable bonds is 3. The van der Waals surface area contributed by atoms with E-state index in [1.54, 1.807) is 0 Å². The van der Waals surface area contributed by atoms with Crippen LogP contribution in [0.2, 0.25) is 0 Å². The summed E-state index contributed by atoms with van der Waals surface area (Å²) in [5, 5.41) is 3.13. The quantitative estimate of drug-likeness (QED) is 0.800. The average Bonchev–Trinajstić information content (AvgIpc) is 2.28. The maximum absolute atomic E-state index is 12.2. The van der Waals surface area contributed by atoms with Crippen LogP contribution in [0.4, 0.5) is 0 Å². The van der Waals surface area contributed by atoms with Crippen molar-refractivity contribution < 1.29 is 9.53 Å². The minimum absolute atomic E-state index is 0. The van der Waals surface area contributed by atoms with E-state index in [4.69, 9.17) is 10.5 Å². The van der Waals surface area contributed by atoms with Gasteiger partial charge in [-0.25, -0.2) is 0 Å².